The van der Waals surface area contributed by atoms with Crippen molar-refractivity contribution in [2.45, 2.75) is 38.1 Å². The average Bonchev–Trinajstić information content (AvgIpc) is 2.88. The maximum Gasteiger partial charge on any atom is 0.243 e. The maximum absolute atomic E-state index is 14.2. The molecular formula is C28H28Cl3FN2O2S. The zero-order valence-corrected chi connectivity index (χ0v) is 23.4. The molecule has 1 unspecified atom stereocenters. The number of carbonyl (C=O) groups is 2. The van der Waals surface area contributed by atoms with Crippen LogP contribution in [0.15, 0.2) is 66.7 Å². The molecule has 0 fully saturated rings. The van der Waals surface area contributed by atoms with Gasteiger partial charge in [-0.1, -0.05) is 84.2 Å². The first-order valence-corrected chi connectivity index (χ1v) is 14.1. The minimum atomic E-state index is -0.772. The summed E-state index contributed by atoms with van der Waals surface area (Å²) in [5, 5.41) is 4.13. The molecule has 4 nitrogen and oxygen atoms in total. The minimum absolute atomic E-state index is 0.0300. The van der Waals surface area contributed by atoms with Crippen molar-refractivity contribution in [2.75, 3.05) is 12.3 Å². The van der Waals surface area contributed by atoms with Gasteiger partial charge in [-0.15, -0.1) is 11.8 Å². The zero-order chi connectivity index (χ0) is 26.8. The topological polar surface area (TPSA) is 49.4 Å². The summed E-state index contributed by atoms with van der Waals surface area (Å²) in [6.45, 7) is 2.58. The van der Waals surface area contributed by atoms with Crippen LogP contribution in [0.5, 0.6) is 0 Å². The van der Waals surface area contributed by atoms with E-state index in [0.29, 0.717) is 39.2 Å². The molecule has 2 amide bonds. The largest absolute Gasteiger partial charge is 0.354 e. The number of benzene rings is 3. The van der Waals surface area contributed by atoms with Crippen LogP contribution in [0.1, 0.15) is 30.0 Å². The van der Waals surface area contributed by atoms with Crippen LogP contribution < -0.4 is 5.32 Å². The first kappa shape index (κ1) is 29.3. The smallest absolute Gasteiger partial charge is 0.243 e. The molecule has 0 heterocycles. The highest BCUT2D eigenvalue weighted by Gasteiger charge is 2.30. The van der Waals surface area contributed by atoms with Gasteiger partial charge in [-0.25, -0.2) is 4.39 Å². The molecule has 196 valence electrons. The summed E-state index contributed by atoms with van der Waals surface area (Å²) in [6, 6.07) is 18.3. The fraction of sp³-hybridized carbons (Fsp3) is 0.286. The number of hydrogen-bond acceptors (Lipinski definition) is 3. The lowest BCUT2D eigenvalue weighted by atomic mass is 10.0. The van der Waals surface area contributed by atoms with Gasteiger partial charge >= 0.3 is 0 Å². The van der Waals surface area contributed by atoms with Crippen LogP contribution in [0.2, 0.25) is 15.1 Å². The Morgan fingerprint density at radius 1 is 1.00 bits per heavy atom. The summed E-state index contributed by atoms with van der Waals surface area (Å²) in [4.78, 5) is 28.5. The second-order valence-electron chi connectivity index (χ2n) is 8.45. The summed E-state index contributed by atoms with van der Waals surface area (Å²) in [5.74, 6) is -0.680. The first-order chi connectivity index (χ1) is 17.8. The van der Waals surface area contributed by atoms with Crippen molar-refractivity contribution >= 4 is 58.4 Å². The summed E-state index contributed by atoms with van der Waals surface area (Å²) in [5.41, 5.74) is 1.93. The summed E-state index contributed by atoms with van der Waals surface area (Å²) in [6.07, 6.45) is 1.09. The van der Waals surface area contributed by atoms with Crippen molar-refractivity contribution in [3.8, 4) is 0 Å². The number of carbonyl (C=O) groups excluding carboxylic acids is 2. The minimum Gasteiger partial charge on any atom is -0.354 e. The van der Waals surface area contributed by atoms with E-state index in [1.807, 2.05) is 37.3 Å². The fourth-order valence-corrected chi connectivity index (χ4v) is 5.46. The Morgan fingerprint density at radius 3 is 2.43 bits per heavy atom. The normalized spacial score (nSPS) is 11.7. The van der Waals surface area contributed by atoms with Crippen molar-refractivity contribution in [3.63, 3.8) is 0 Å². The SMILES string of the molecule is CCCNC(=O)C(Cc1ccccc1)N(Cc1ccc(Cl)cc1Cl)C(=O)CSCc1c(F)cccc1Cl. The van der Waals surface area contributed by atoms with Gasteiger partial charge < -0.3 is 10.2 Å². The Labute approximate surface area is 236 Å². The molecule has 0 aliphatic rings. The van der Waals surface area contributed by atoms with Gasteiger partial charge in [-0.2, -0.15) is 0 Å². The predicted molar refractivity (Wildman–Crippen MR) is 152 cm³/mol. The lowest BCUT2D eigenvalue weighted by Gasteiger charge is -2.32. The van der Waals surface area contributed by atoms with Crippen LogP contribution in [-0.4, -0.2) is 35.1 Å². The number of thioether (sulfide) groups is 1. The molecule has 0 aliphatic carbocycles. The number of nitrogens with one attached hydrogen (secondary N) is 1. The molecular weight excluding hydrogens is 554 g/mol. The lowest BCUT2D eigenvalue weighted by molar-refractivity contribution is -0.139. The molecule has 0 saturated carbocycles. The van der Waals surface area contributed by atoms with Gasteiger partial charge in [0.15, 0.2) is 0 Å². The highest BCUT2D eigenvalue weighted by molar-refractivity contribution is 7.99. The molecule has 0 spiro atoms. The maximum atomic E-state index is 14.2. The Balaban J connectivity index is 1.88. The number of amides is 2. The molecule has 0 aromatic heterocycles. The lowest BCUT2D eigenvalue weighted by Crippen LogP contribution is -2.51. The van der Waals surface area contributed by atoms with E-state index in [1.165, 1.54) is 23.9 Å². The Hall–Kier alpha value is -2.25. The van der Waals surface area contributed by atoms with Crippen LogP contribution in [0.4, 0.5) is 4.39 Å². The number of rotatable bonds is 12. The van der Waals surface area contributed by atoms with E-state index in [-0.39, 0.29) is 29.9 Å². The van der Waals surface area contributed by atoms with E-state index < -0.39 is 11.9 Å². The predicted octanol–water partition coefficient (Wildman–Crippen LogP) is 7.19. The van der Waals surface area contributed by atoms with E-state index in [1.54, 1.807) is 29.2 Å². The van der Waals surface area contributed by atoms with E-state index in [2.05, 4.69) is 5.32 Å². The molecule has 0 radical (unpaired) electrons. The molecule has 0 saturated heterocycles. The quantitative estimate of drug-likeness (QED) is 0.246. The second kappa shape index (κ2) is 14.6. The van der Waals surface area contributed by atoms with Crippen molar-refractivity contribution in [3.05, 3.63) is 104 Å². The zero-order valence-electron chi connectivity index (χ0n) is 20.4. The molecule has 9 heteroatoms. The van der Waals surface area contributed by atoms with Gasteiger partial charge in [0.25, 0.3) is 0 Å². The monoisotopic (exact) mass is 580 g/mol. The number of hydrogen-bond donors (Lipinski definition) is 1. The molecule has 0 bridgehead atoms. The third-order valence-corrected chi connectivity index (χ3v) is 7.59. The van der Waals surface area contributed by atoms with E-state index in [0.717, 1.165) is 12.0 Å². The van der Waals surface area contributed by atoms with Crippen LogP contribution in [0.25, 0.3) is 0 Å². The molecule has 37 heavy (non-hydrogen) atoms. The van der Waals surface area contributed by atoms with Gasteiger partial charge in [0.2, 0.25) is 11.8 Å². The first-order valence-electron chi connectivity index (χ1n) is 11.9. The number of halogens is 4. The molecule has 1 N–H and O–H groups in total. The van der Waals surface area contributed by atoms with Crippen LogP contribution in [0.3, 0.4) is 0 Å². The van der Waals surface area contributed by atoms with Crippen molar-refractivity contribution < 1.29 is 14.0 Å². The van der Waals surface area contributed by atoms with Crippen LogP contribution >= 0.6 is 46.6 Å². The third-order valence-electron chi connectivity index (χ3n) is 5.71. The van der Waals surface area contributed by atoms with Gasteiger partial charge in [-0.05, 0) is 41.8 Å². The van der Waals surface area contributed by atoms with E-state index in [9.17, 15) is 14.0 Å². The van der Waals surface area contributed by atoms with E-state index >= 15 is 0 Å². The standard InChI is InChI=1S/C28H28Cl3FN2O2S/c1-2-13-33-28(36)26(14-19-7-4-3-5-8-19)34(16-20-11-12-21(29)15-24(20)31)27(35)18-37-17-22-23(30)9-6-10-25(22)32/h3-12,15,26H,2,13-14,16-18H2,1H3,(H,33,36). The van der Waals surface area contributed by atoms with Crippen molar-refractivity contribution in [2.24, 2.45) is 0 Å². The van der Waals surface area contributed by atoms with Gasteiger partial charge in [0, 0.05) is 45.9 Å². The Bertz CT molecular complexity index is 1190. The fourth-order valence-electron chi connectivity index (χ4n) is 3.75. The molecule has 3 rings (SSSR count). The Kier molecular flexibility index (Phi) is 11.6. The van der Waals surface area contributed by atoms with Crippen molar-refractivity contribution in [1.82, 2.24) is 10.2 Å². The van der Waals surface area contributed by atoms with Gasteiger partial charge in [0.1, 0.15) is 11.9 Å². The van der Waals surface area contributed by atoms with Crippen LogP contribution in [-0.2, 0) is 28.3 Å². The summed E-state index contributed by atoms with van der Waals surface area (Å²) >= 11 is 19.9. The molecule has 0 aliphatic heterocycles. The van der Waals surface area contributed by atoms with Gasteiger partial charge in [-0.3, -0.25) is 9.59 Å². The highest BCUT2D eigenvalue weighted by atomic mass is 35.5. The highest BCUT2D eigenvalue weighted by Crippen LogP contribution is 2.27. The molecule has 3 aromatic carbocycles. The summed E-state index contributed by atoms with van der Waals surface area (Å²) < 4.78 is 14.2. The third kappa shape index (κ3) is 8.64. The molecule has 3 aromatic rings. The molecule has 1 atom stereocenters. The van der Waals surface area contributed by atoms with E-state index in [4.69, 9.17) is 34.8 Å². The number of nitrogens with zero attached hydrogens (tertiary/aromatic N) is 1. The summed E-state index contributed by atoms with van der Waals surface area (Å²) in [7, 11) is 0. The van der Waals surface area contributed by atoms with Crippen molar-refractivity contribution in [1.29, 1.82) is 0 Å². The Morgan fingerprint density at radius 2 is 1.76 bits per heavy atom. The second-order valence-corrected chi connectivity index (χ2v) is 10.7. The average molecular weight is 582 g/mol. The van der Waals surface area contributed by atoms with Gasteiger partial charge in [0.05, 0.1) is 5.75 Å². The van der Waals surface area contributed by atoms with Crippen LogP contribution in [0, 0.1) is 5.82 Å².